The number of hydrogen-bond acceptors (Lipinski definition) is 8. The third-order valence-electron chi connectivity index (χ3n) is 5.87. The topological polar surface area (TPSA) is 114 Å². The van der Waals surface area contributed by atoms with Crippen molar-refractivity contribution >= 4 is 39.6 Å². The van der Waals surface area contributed by atoms with Crippen molar-refractivity contribution in [3.63, 3.8) is 0 Å². The second-order valence-corrected chi connectivity index (χ2v) is 8.48. The minimum absolute atomic E-state index is 0.269. The summed E-state index contributed by atoms with van der Waals surface area (Å²) in [6, 6.07) is 16.9. The molecular weight excluding hydrogens is 470 g/mol. The van der Waals surface area contributed by atoms with Gasteiger partial charge in [-0.15, -0.1) is 0 Å². The number of fused-ring (bicyclic) bond motifs is 3. The normalized spacial score (nSPS) is 10.8. The van der Waals surface area contributed by atoms with E-state index in [4.69, 9.17) is 14.5 Å². The fourth-order valence-electron chi connectivity index (χ4n) is 3.96. The van der Waals surface area contributed by atoms with Crippen LogP contribution >= 0.6 is 0 Å². The Kier molecular flexibility index (Phi) is 9.20. The average Bonchev–Trinajstić information content (AvgIpc) is 2.95. The Balaban J connectivity index is 1.19. The molecular formula is C28H31N5O4. The van der Waals surface area contributed by atoms with Gasteiger partial charge in [0, 0.05) is 48.2 Å². The van der Waals surface area contributed by atoms with E-state index in [1.165, 1.54) is 7.11 Å². The second kappa shape index (κ2) is 13.2. The van der Waals surface area contributed by atoms with Crippen molar-refractivity contribution in [2.24, 2.45) is 0 Å². The molecule has 192 valence electrons. The Hall–Kier alpha value is -4.24. The van der Waals surface area contributed by atoms with E-state index in [1.807, 2.05) is 48.7 Å². The molecule has 0 fully saturated rings. The molecule has 3 N–H and O–H groups in total. The molecule has 0 aliphatic heterocycles. The summed E-state index contributed by atoms with van der Waals surface area (Å²) in [5.74, 6) is 0.347. The molecule has 0 aliphatic carbocycles. The molecule has 2 heterocycles. The van der Waals surface area contributed by atoms with Crippen molar-refractivity contribution in [3.8, 4) is 0 Å². The van der Waals surface area contributed by atoms with Crippen LogP contribution in [-0.4, -0.2) is 55.3 Å². The summed E-state index contributed by atoms with van der Waals surface area (Å²) >= 11 is 0. The second-order valence-electron chi connectivity index (χ2n) is 8.48. The Morgan fingerprint density at radius 3 is 2.57 bits per heavy atom. The van der Waals surface area contributed by atoms with Gasteiger partial charge in [-0.3, -0.25) is 4.98 Å². The smallest absolute Gasteiger partial charge is 0.407 e. The van der Waals surface area contributed by atoms with Gasteiger partial charge in [-0.1, -0.05) is 36.4 Å². The van der Waals surface area contributed by atoms with Crippen LogP contribution in [0.25, 0.3) is 21.7 Å². The first-order valence-corrected chi connectivity index (χ1v) is 12.3. The van der Waals surface area contributed by atoms with E-state index < -0.39 is 12.1 Å². The Labute approximate surface area is 215 Å². The summed E-state index contributed by atoms with van der Waals surface area (Å²) in [6.45, 7) is 3.10. The number of nitrogens with one attached hydrogen (secondary N) is 3. The fraction of sp³-hybridized carbons (Fsp3) is 0.286. The number of carbonyl (C=O) groups is 2. The van der Waals surface area contributed by atoms with Crippen molar-refractivity contribution in [2.45, 2.75) is 19.4 Å². The zero-order valence-electron chi connectivity index (χ0n) is 20.8. The summed E-state index contributed by atoms with van der Waals surface area (Å²) in [4.78, 5) is 32.8. The first-order valence-electron chi connectivity index (χ1n) is 12.3. The van der Waals surface area contributed by atoms with Crippen LogP contribution in [-0.2, 0) is 16.1 Å². The van der Waals surface area contributed by atoms with Gasteiger partial charge in [0.25, 0.3) is 0 Å². The molecule has 0 atom stereocenters. The minimum atomic E-state index is -0.398. The number of unbranched alkanes of at least 4 members (excludes halogenated alkanes) is 1. The van der Waals surface area contributed by atoms with Gasteiger partial charge in [0.05, 0.1) is 18.2 Å². The van der Waals surface area contributed by atoms with E-state index in [2.05, 4.69) is 20.9 Å². The maximum absolute atomic E-state index is 11.9. The molecule has 0 radical (unpaired) electrons. The van der Waals surface area contributed by atoms with Gasteiger partial charge in [0.2, 0.25) is 0 Å². The van der Waals surface area contributed by atoms with Crippen molar-refractivity contribution in [3.05, 3.63) is 78.1 Å². The van der Waals surface area contributed by atoms with E-state index >= 15 is 0 Å². The standard InChI is InChI=1S/C28H31N5O4/c1-36-27(34)21-9-10-22-24-18-30-14-11-23(24)26(33-25(22)17-21)31-16-15-29-12-5-6-13-32-28(35)37-19-20-7-3-2-4-8-20/h2-4,7-11,14,17-18,29H,5-6,12-13,15-16,19H2,1H3,(H,31,33)(H,32,35). The maximum Gasteiger partial charge on any atom is 0.407 e. The number of aromatic nitrogens is 2. The predicted octanol–water partition coefficient (Wildman–Crippen LogP) is 4.28. The van der Waals surface area contributed by atoms with E-state index in [0.29, 0.717) is 24.2 Å². The molecule has 0 saturated carbocycles. The number of benzene rings is 2. The number of carbonyl (C=O) groups excluding carboxylic acids is 2. The van der Waals surface area contributed by atoms with E-state index in [1.54, 1.807) is 18.3 Å². The highest BCUT2D eigenvalue weighted by Crippen LogP contribution is 2.29. The first-order chi connectivity index (χ1) is 18.2. The van der Waals surface area contributed by atoms with Crippen LogP contribution in [0.4, 0.5) is 10.6 Å². The molecule has 2 aromatic heterocycles. The molecule has 1 amide bonds. The van der Waals surface area contributed by atoms with Crippen molar-refractivity contribution in [1.29, 1.82) is 0 Å². The number of alkyl carbamates (subject to hydrolysis) is 1. The SMILES string of the molecule is COC(=O)c1ccc2c(c1)nc(NCCNCCCCNC(=O)OCc1ccccc1)c1ccncc12. The Morgan fingerprint density at radius 1 is 0.892 bits per heavy atom. The molecule has 9 heteroatoms. The largest absolute Gasteiger partial charge is 0.465 e. The van der Waals surface area contributed by atoms with Crippen LogP contribution in [0.3, 0.4) is 0 Å². The summed E-state index contributed by atoms with van der Waals surface area (Å²) < 4.78 is 10.0. The summed E-state index contributed by atoms with van der Waals surface area (Å²) in [5, 5.41) is 12.4. The molecule has 0 saturated heterocycles. The number of pyridine rings is 2. The molecule has 0 spiro atoms. The van der Waals surface area contributed by atoms with Gasteiger partial charge < -0.3 is 25.4 Å². The molecule has 4 rings (SSSR count). The van der Waals surface area contributed by atoms with Gasteiger partial charge >= 0.3 is 12.1 Å². The van der Waals surface area contributed by atoms with Crippen LogP contribution in [0, 0.1) is 0 Å². The van der Waals surface area contributed by atoms with Crippen LogP contribution in [0.15, 0.2) is 67.0 Å². The highest BCUT2D eigenvalue weighted by molar-refractivity contribution is 6.10. The number of ether oxygens (including phenoxy) is 2. The van der Waals surface area contributed by atoms with E-state index in [-0.39, 0.29) is 6.61 Å². The van der Waals surface area contributed by atoms with Gasteiger partial charge in [-0.05, 0) is 43.1 Å². The molecule has 2 aromatic carbocycles. The maximum atomic E-state index is 11.9. The fourth-order valence-corrected chi connectivity index (χ4v) is 3.96. The van der Waals surface area contributed by atoms with Crippen LogP contribution in [0.1, 0.15) is 28.8 Å². The number of nitrogens with zero attached hydrogens (tertiary/aromatic N) is 2. The summed E-state index contributed by atoms with van der Waals surface area (Å²) in [5.41, 5.74) is 2.12. The third-order valence-corrected chi connectivity index (χ3v) is 5.87. The van der Waals surface area contributed by atoms with E-state index in [9.17, 15) is 9.59 Å². The zero-order valence-corrected chi connectivity index (χ0v) is 20.8. The molecule has 4 aromatic rings. The van der Waals surface area contributed by atoms with Crippen LogP contribution < -0.4 is 16.0 Å². The highest BCUT2D eigenvalue weighted by Gasteiger charge is 2.12. The van der Waals surface area contributed by atoms with Gasteiger partial charge in [-0.2, -0.15) is 0 Å². The quantitative estimate of drug-likeness (QED) is 0.150. The molecule has 0 unspecified atom stereocenters. The molecule has 0 aliphatic rings. The monoisotopic (exact) mass is 501 g/mol. The minimum Gasteiger partial charge on any atom is -0.465 e. The number of methoxy groups -OCH3 is 1. The zero-order chi connectivity index (χ0) is 25.9. The van der Waals surface area contributed by atoms with Crippen molar-refractivity contribution in [1.82, 2.24) is 20.6 Å². The highest BCUT2D eigenvalue weighted by atomic mass is 16.5. The first kappa shape index (κ1) is 25.8. The van der Waals surface area contributed by atoms with Gasteiger partial charge in [0.15, 0.2) is 0 Å². The third kappa shape index (κ3) is 7.14. The molecule has 0 bridgehead atoms. The van der Waals surface area contributed by atoms with Gasteiger partial charge in [-0.25, -0.2) is 14.6 Å². The number of hydrogen-bond donors (Lipinski definition) is 3. The lowest BCUT2D eigenvalue weighted by Gasteiger charge is -2.12. The van der Waals surface area contributed by atoms with Crippen LogP contribution in [0.2, 0.25) is 0 Å². The summed E-state index contributed by atoms with van der Waals surface area (Å²) in [7, 11) is 1.36. The number of amides is 1. The Bertz CT molecular complexity index is 1350. The average molecular weight is 502 g/mol. The number of esters is 1. The molecule has 9 nitrogen and oxygen atoms in total. The summed E-state index contributed by atoms with van der Waals surface area (Å²) in [6.07, 6.45) is 4.94. The lowest BCUT2D eigenvalue weighted by atomic mass is 10.1. The lowest BCUT2D eigenvalue weighted by Crippen LogP contribution is -2.27. The lowest BCUT2D eigenvalue weighted by molar-refractivity contribution is 0.0601. The number of rotatable bonds is 12. The van der Waals surface area contributed by atoms with Crippen LogP contribution in [0.5, 0.6) is 0 Å². The Morgan fingerprint density at radius 2 is 1.73 bits per heavy atom. The predicted molar refractivity (Wildman–Crippen MR) is 144 cm³/mol. The number of anilines is 1. The molecule has 37 heavy (non-hydrogen) atoms. The van der Waals surface area contributed by atoms with Gasteiger partial charge in [0.1, 0.15) is 12.4 Å². The van der Waals surface area contributed by atoms with E-state index in [0.717, 1.165) is 53.5 Å². The van der Waals surface area contributed by atoms with Crippen molar-refractivity contribution in [2.75, 3.05) is 38.6 Å². The van der Waals surface area contributed by atoms with Crippen molar-refractivity contribution < 1.29 is 19.1 Å².